The fourth-order valence-electron chi connectivity index (χ4n) is 6.97. The lowest BCUT2D eigenvalue weighted by atomic mass is 9.84. The van der Waals surface area contributed by atoms with Gasteiger partial charge in [-0.3, -0.25) is 14.3 Å². The summed E-state index contributed by atoms with van der Waals surface area (Å²) in [6, 6.07) is 12.0. The molecule has 1 saturated carbocycles. The maximum atomic E-state index is 14.5. The van der Waals surface area contributed by atoms with E-state index in [1.807, 2.05) is 36.7 Å². The number of amides is 1. The van der Waals surface area contributed by atoms with Crippen LogP contribution in [0.3, 0.4) is 0 Å². The molecular weight excluding hydrogens is 604 g/mol. The number of hydrogen-bond acceptors (Lipinski definition) is 5. The second-order valence-corrected chi connectivity index (χ2v) is 17.4. The van der Waals surface area contributed by atoms with Gasteiger partial charge in [-0.15, -0.1) is 0 Å². The summed E-state index contributed by atoms with van der Waals surface area (Å²) in [6.45, 7) is 12.2. The normalized spacial score (nSPS) is 17.5. The van der Waals surface area contributed by atoms with Crippen LogP contribution in [0.25, 0.3) is 0 Å². The number of ketones is 1. The number of halogens is 2. The molecule has 1 heterocycles. The van der Waals surface area contributed by atoms with Gasteiger partial charge in [-0.1, -0.05) is 32.9 Å². The van der Waals surface area contributed by atoms with Gasteiger partial charge in [-0.2, -0.15) is 5.10 Å². The van der Waals surface area contributed by atoms with Crippen molar-refractivity contribution >= 4 is 20.0 Å². The van der Waals surface area contributed by atoms with E-state index in [1.165, 1.54) is 12.1 Å². The van der Waals surface area contributed by atoms with E-state index in [-0.39, 0.29) is 36.7 Å². The number of methoxy groups -OCH3 is 1. The number of carbonyl (C=O) groups is 2. The van der Waals surface area contributed by atoms with Crippen LogP contribution in [0.4, 0.5) is 8.78 Å². The van der Waals surface area contributed by atoms with Crippen molar-refractivity contribution in [2.24, 2.45) is 5.92 Å². The number of carbonyl (C=O) groups excluding carboxylic acids is 2. The molecule has 1 unspecified atom stereocenters. The van der Waals surface area contributed by atoms with Crippen LogP contribution in [0.2, 0.25) is 18.1 Å². The number of rotatable bonds is 14. The molecule has 1 aliphatic carbocycles. The molecule has 4 rings (SSSR count). The molecule has 0 saturated heterocycles. The Morgan fingerprint density at radius 3 is 2.22 bits per heavy atom. The number of benzene rings is 2. The molecule has 46 heavy (non-hydrogen) atoms. The molecule has 0 aliphatic heterocycles. The fraction of sp³-hybridized carbons (Fsp3) is 0.528. The van der Waals surface area contributed by atoms with Crippen LogP contribution in [0, 0.1) is 31.4 Å². The third-order valence-electron chi connectivity index (χ3n) is 10.0. The minimum Gasteiger partial charge on any atom is -0.496 e. The monoisotopic (exact) mass is 653 g/mol. The highest BCUT2D eigenvalue weighted by molar-refractivity contribution is 6.73. The van der Waals surface area contributed by atoms with E-state index in [4.69, 9.17) is 9.16 Å². The van der Waals surface area contributed by atoms with E-state index in [2.05, 4.69) is 25.9 Å². The standard InChI is InChI=1S/C36H49F2N3O4Si/c1-8-46(9-2,10-3)45-34(35-24(4)12-11-13-33(35)44-7)23-40(22-27-18-29(37)20-30(38)19-27)36(43)32-21-39-41(25(32)5)31-16-14-28(15-17-31)26(6)42/h11-13,18-21,28,31,34H,8-10,14-17,22-23H2,1-7H3/t28-,31-,34?. The first-order valence-corrected chi connectivity index (χ1v) is 19.1. The minimum absolute atomic E-state index is 0.0190. The van der Waals surface area contributed by atoms with Gasteiger partial charge in [0, 0.05) is 29.8 Å². The number of ether oxygens (including phenoxy) is 1. The molecule has 10 heteroatoms. The number of nitrogens with zero attached hydrogens (tertiary/aromatic N) is 3. The molecule has 0 bridgehead atoms. The van der Waals surface area contributed by atoms with Crippen LogP contribution in [-0.4, -0.2) is 48.3 Å². The van der Waals surface area contributed by atoms with Gasteiger partial charge in [0.15, 0.2) is 8.32 Å². The minimum atomic E-state index is -2.21. The smallest absolute Gasteiger partial charge is 0.257 e. The Balaban J connectivity index is 1.76. The predicted octanol–water partition coefficient (Wildman–Crippen LogP) is 8.51. The van der Waals surface area contributed by atoms with Gasteiger partial charge in [0.05, 0.1) is 37.6 Å². The molecule has 2 aromatic carbocycles. The quantitative estimate of drug-likeness (QED) is 0.163. The average molecular weight is 654 g/mol. The number of hydrogen-bond donors (Lipinski definition) is 0. The van der Waals surface area contributed by atoms with Crippen LogP contribution >= 0.6 is 0 Å². The summed E-state index contributed by atoms with van der Waals surface area (Å²) in [5, 5.41) is 4.65. The zero-order valence-electron chi connectivity index (χ0n) is 28.4. The van der Waals surface area contributed by atoms with Crippen molar-refractivity contribution in [1.29, 1.82) is 0 Å². The summed E-state index contributed by atoms with van der Waals surface area (Å²) in [5.74, 6) is -0.713. The fourth-order valence-corrected chi connectivity index (χ4v) is 9.77. The Morgan fingerprint density at radius 2 is 1.65 bits per heavy atom. The molecule has 1 amide bonds. The Morgan fingerprint density at radius 1 is 1.02 bits per heavy atom. The molecule has 0 spiro atoms. The first-order valence-electron chi connectivity index (χ1n) is 16.6. The number of Topliss-reactive ketones (excluding diaryl/α,β-unsaturated/α-hetero) is 1. The predicted molar refractivity (Wildman–Crippen MR) is 178 cm³/mol. The average Bonchev–Trinajstić information content (AvgIpc) is 3.42. The lowest BCUT2D eigenvalue weighted by Crippen LogP contribution is -2.42. The molecule has 250 valence electrons. The summed E-state index contributed by atoms with van der Waals surface area (Å²) in [4.78, 5) is 28.1. The summed E-state index contributed by atoms with van der Waals surface area (Å²) in [7, 11) is -0.585. The molecule has 1 atom stereocenters. The zero-order chi connectivity index (χ0) is 33.6. The van der Waals surface area contributed by atoms with Crippen LogP contribution in [0.5, 0.6) is 5.75 Å². The van der Waals surface area contributed by atoms with Gasteiger partial charge in [0.1, 0.15) is 23.2 Å². The van der Waals surface area contributed by atoms with Crippen molar-refractivity contribution in [2.75, 3.05) is 13.7 Å². The lowest BCUT2D eigenvalue weighted by Gasteiger charge is -2.37. The lowest BCUT2D eigenvalue weighted by molar-refractivity contribution is -0.121. The molecule has 1 aromatic heterocycles. The summed E-state index contributed by atoms with van der Waals surface area (Å²) in [5.41, 5.74) is 3.36. The molecule has 1 aliphatic rings. The van der Waals surface area contributed by atoms with Gasteiger partial charge in [0.2, 0.25) is 0 Å². The molecule has 1 fully saturated rings. The third kappa shape index (κ3) is 7.94. The van der Waals surface area contributed by atoms with E-state index in [0.29, 0.717) is 16.9 Å². The van der Waals surface area contributed by atoms with Crippen molar-refractivity contribution in [1.82, 2.24) is 14.7 Å². The molecular formula is C36H49F2N3O4Si. The third-order valence-corrected chi connectivity index (χ3v) is 14.7. The van der Waals surface area contributed by atoms with E-state index >= 15 is 0 Å². The van der Waals surface area contributed by atoms with Crippen molar-refractivity contribution < 1.29 is 27.5 Å². The Bertz CT molecular complexity index is 1490. The summed E-state index contributed by atoms with van der Waals surface area (Å²) >= 11 is 0. The first kappa shape index (κ1) is 35.5. The molecule has 0 radical (unpaired) electrons. The van der Waals surface area contributed by atoms with Gasteiger partial charge in [-0.05, 0) is 93.9 Å². The van der Waals surface area contributed by atoms with Crippen molar-refractivity contribution in [3.63, 3.8) is 0 Å². The summed E-state index contributed by atoms with van der Waals surface area (Å²) < 4.78 is 43.6. The van der Waals surface area contributed by atoms with E-state index in [9.17, 15) is 18.4 Å². The Labute approximate surface area is 273 Å². The second kappa shape index (κ2) is 15.5. The second-order valence-electron chi connectivity index (χ2n) is 12.7. The number of aromatic nitrogens is 2. The van der Waals surface area contributed by atoms with Gasteiger partial charge < -0.3 is 14.1 Å². The zero-order valence-corrected chi connectivity index (χ0v) is 29.4. The van der Waals surface area contributed by atoms with Crippen LogP contribution in [-0.2, 0) is 15.8 Å². The molecule has 7 nitrogen and oxygen atoms in total. The molecule has 0 N–H and O–H groups in total. The van der Waals surface area contributed by atoms with Crippen LogP contribution in [0.15, 0.2) is 42.6 Å². The highest BCUT2D eigenvalue weighted by Crippen LogP contribution is 2.38. The van der Waals surface area contributed by atoms with Crippen LogP contribution in [0.1, 0.15) is 98.3 Å². The summed E-state index contributed by atoms with van der Waals surface area (Å²) in [6.07, 6.45) is 4.30. The molecule has 3 aromatic rings. The van der Waals surface area contributed by atoms with Crippen molar-refractivity contribution in [2.45, 2.75) is 104 Å². The Hall–Kier alpha value is -3.37. The maximum Gasteiger partial charge on any atom is 0.257 e. The van der Waals surface area contributed by atoms with E-state index < -0.39 is 26.1 Å². The topological polar surface area (TPSA) is 73.7 Å². The van der Waals surface area contributed by atoms with E-state index in [1.54, 1.807) is 25.1 Å². The van der Waals surface area contributed by atoms with Gasteiger partial charge in [0.25, 0.3) is 5.91 Å². The highest BCUT2D eigenvalue weighted by atomic mass is 28.4. The van der Waals surface area contributed by atoms with Gasteiger partial charge >= 0.3 is 0 Å². The maximum absolute atomic E-state index is 14.5. The first-order chi connectivity index (χ1) is 21.9. The Kier molecular flexibility index (Phi) is 11.9. The van der Waals surface area contributed by atoms with Gasteiger partial charge in [-0.25, -0.2) is 8.78 Å². The van der Waals surface area contributed by atoms with Crippen molar-refractivity contribution in [3.05, 3.63) is 82.2 Å². The van der Waals surface area contributed by atoms with Crippen molar-refractivity contribution in [3.8, 4) is 5.75 Å². The van der Waals surface area contributed by atoms with Crippen LogP contribution < -0.4 is 4.74 Å². The number of aryl methyl sites for hydroxylation is 1. The van der Waals surface area contributed by atoms with E-state index in [0.717, 1.165) is 66.7 Å². The largest absolute Gasteiger partial charge is 0.496 e. The highest BCUT2D eigenvalue weighted by Gasteiger charge is 2.36. The SMILES string of the molecule is CC[Si](CC)(CC)OC(CN(Cc1cc(F)cc(F)c1)C(=O)c1cnn([C@H]2CC[C@H](C(C)=O)CC2)c1C)c1c(C)cccc1OC.